The van der Waals surface area contributed by atoms with E-state index in [9.17, 15) is 4.79 Å². The van der Waals surface area contributed by atoms with Crippen LogP contribution in [0.3, 0.4) is 0 Å². The van der Waals surface area contributed by atoms with E-state index in [-0.39, 0.29) is 22.2 Å². The smallest absolute Gasteiger partial charge is 0.259 e. The predicted molar refractivity (Wildman–Crippen MR) is 125 cm³/mol. The van der Waals surface area contributed by atoms with Crippen LogP contribution < -0.4 is 10.1 Å². The number of hydrogen-bond acceptors (Lipinski definition) is 4. The summed E-state index contributed by atoms with van der Waals surface area (Å²) in [5.41, 5.74) is 6.31. The first-order chi connectivity index (χ1) is 14.8. The van der Waals surface area contributed by atoms with E-state index < -0.39 is 0 Å². The van der Waals surface area contributed by atoms with Crippen molar-refractivity contribution < 1.29 is 13.9 Å². The average molecular weight is 455 g/mol. The van der Waals surface area contributed by atoms with Crippen LogP contribution in [0.15, 0.2) is 46.9 Å². The number of nitrogens with one attached hydrogen (secondary N) is 1. The number of halogens is 2. The summed E-state index contributed by atoms with van der Waals surface area (Å²) in [6.07, 6.45) is 0. The number of aryl methyl sites for hydroxylation is 3. The number of oxazole rings is 1. The fourth-order valence-electron chi connectivity index (χ4n) is 3.32. The van der Waals surface area contributed by atoms with E-state index in [2.05, 4.69) is 10.3 Å². The Morgan fingerprint density at radius 1 is 1.00 bits per heavy atom. The van der Waals surface area contributed by atoms with Crippen molar-refractivity contribution in [1.82, 2.24) is 4.98 Å². The van der Waals surface area contributed by atoms with Crippen LogP contribution in [0.25, 0.3) is 22.6 Å². The highest BCUT2D eigenvalue weighted by molar-refractivity contribution is 6.36. The van der Waals surface area contributed by atoms with Gasteiger partial charge in [-0.25, -0.2) is 4.98 Å². The molecule has 158 valence electrons. The van der Waals surface area contributed by atoms with Gasteiger partial charge < -0.3 is 14.5 Å². The largest absolute Gasteiger partial charge is 0.494 e. The summed E-state index contributed by atoms with van der Waals surface area (Å²) in [5, 5.41) is 3.52. The van der Waals surface area contributed by atoms with Crippen LogP contribution in [-0.4, -0.2) is 18.0 Å². The van der Waals surface area contributed by atoms with E-state index in [1.807, 2.05) is 51.1 Å². The molecule has 0 bridgehead atoms. The van der Waals surface area contributed by atoms with Gasteiger partial charge in [0.2, 0.25) is 5.89 Å². The number of fused-ring (bicyclic) bond motifs is 1. The van der Waals surface area contributed by atoms with Gasteiger partial charge in [0.15, 0.2) is 5.58 Å². The Bertz CT molecular complexity index is 1290. The number of rotatable bonds is 4. The number of carbonyl (C=O) groups excluding carboxylic acids is 1. The fraction of sp³-hybridized carbons (Fsp3) is 0.167. The molecule has 5 nitrogen and oxygen atoms in total. The minimum atomic E-state index is -0.384. The third-order valence-corrected chi connectivity index (χ3v) is 5.69. The van der Waals surface area contributed by atoms with Crippen molar-refractivity contribution in [3.05, 3.63) is 74.8 Å². The molecule has 1 heterocycles. The molecule has 0 aliphatic carbocycles. The van der Waals surface area contributed by atoms with Gasteiger partial charge in [-0.3, -0.25) is 4.79 Å². The maximum absolute atomic E-state index is 13.0. The molecule has 1 aromatic heterocycles. The minimum absolute atomic E-state index is 0.248. The lowest BCUT2D eigenvalue weighted by atomic mass is 10.1. The van der Waals surface area contributed by atoms with Crippen LogP contribution in [-0.2, 0) is 0 Å². The number of amides is 1. The number of aromatic nitrogens is 1. The van der Waals surface area contributed by atoms with E-state index in [1.54, 1.807) is 0 Å². The summed E-state index contributed by atoms with van der Waals surface area (Å²) in [4.78, 5) is 17.6. The standard InChI is InChI=1S/C24H20Cl2N2O3/c1-12-5-6-15(24-28-20-7-13(2)14(3)8-21(20)31-24)9-19(12)27-23(29)17-10-16(25)11-18(26)22(17)30-4/h5-11H,1-4H3,(H,27,29). The maximum atomic E-state index is 13.0. The first-order valence-corrected chi connectivity index (χ1v) is 10.4. The Balaban J connectivity index is 1.70. The van der Waals surface area contributed by atoms with Crippen molar-refractivity contribution >= 4 is 45.9 Å². The number of carbonyl (C=O) groups is 1. The van der Waals surface area contributed by atoms with Gasteiger partial charge in [0, 0.05) is 16.3 Å². The van der Waals surface area contributed by atoms with Crippen LogP contribution in [0.2, 0.25) is 10.0 Å². The number of ether oxygens (including phenoxy) is 1. The number of benzene rings is 3. The molecule has 0 saturated carbocycles. The van der Waals surface area contributed by atoms with E-state index in [1.165, 1.54) is 19.2 Å². The first-order valence-electron chi connectivity index (χ1n) is 9.60. The van der Waals surface area contributed by atoms with Crippen LogP contribution >= 0.6 is 23.2 Å². The molecule has 0 atom stereocenters. The second-order valence-corrected chi connectivity index (χ2v) is 8.22. The lowest BCUT2D eigenvalue weighted by Gasteiger charge is -2.13. The van der Waals surface area contributed by atoms with Crippen LogP contribution in [0.4, 0.5) is 5.69 Å². The van der Waals surface area contributed by atoms with E-state index in [0.29, 0.717) is 16.6 Å². The molecule has 7 heteroatoms. The van der Waals surface area contributed by atoms with E-state index in [0.717, 1.165) is 33.4 Å². The molecular formula is C24H20Cl2N2O3. The molecule has 0 saturated heterocycles. The van der Waals surface area contributed by atoms with Gasteiger partial charge >= 0.3 is 0 Å². The van der Waals surface area contributed by atoms with Gasteiger partial charge in [0.05, 0.1) is 17.7 Å². The third-order valence-electron chi connectivity index (χ3n) is 5.19. The van der Waals surface area contributed by atoms with E-state index >= 15 is 0 Å². The van der Waals surface area contributed by atoms with Gasteiger partial charge in [-0.1, -0.05) is 29.3 Å². The molecule has 1 N–H and O–H groups in total. The Morgan fingerprint density at radius 3 is 2.48 bits per heavy atom. The topological polar surface area (TPSA) is 64.4 Å². The molecule has 0 unspecified atom stereocenters. The second-order valence-electron chi connectivity index (χ2n) is 7.38. The lowest BCUT2D eigenvalue weighted by molar-refractivity contribution is 0.102. The number of methoxy groups -OCH3 is 1. The molecule has 0 fully saturated rings. The van der Waals surface area contributed by atoms with Crippen molar-refractivity contribution in [2.75, 3.05) is 12.4 Å². The number of nitrogens with zero attached hydrogens (tertiary/aromatic N) is 1. The molecule has 0 radical (unpaired) electrons. The summed E-state index contributed by atoms with van der Waals surface area (Å²) >= 11 is 12.3. The summed E-state index contributed by atoms with van der Waals surface area (Å²) < 4.78 is 11.3. The zero-order valence-electron chi connectivity index (χ0n) is 17.5. The monoisotopic (exact) mass is 454 g/mol. The quantitative estimate of drug-likeness (QED) is 0.360. The first kappa shape index (κ1) is 21.2. The van der Waals surface area contributed by atoms with Crippen LogP contribution in [0.5, 0.6) is 5.75 Å². The summed E-state index contributed by atoms with van der Waals surface area (Å²) in [6.45, 7) is 5.98. The van der Waals surface area contributed by atoms with Crippen molar-refractivity contribution in [3.63, 3.8) is 0 Å². The second kappa shape index (κ2) is 8.25. The molecular weight excluding hydrogens is 435 g/mol. The lowest BCUT2D eigenvalue weighted by Crippen LogP contribution is -2.14. The highest BCUT2D eigenvalue weighted by Crippen LogP contribution is 2.34. The normalized spacial score (nSPS) is 11.0. The molecule has 4 aromatic rings. The minimum Gasteiger partial charge on any atom is -0.494 e. The highest BCUT2D eigenvalue weighted by atomic mass is 35.5. The third kappa shape index (κ3) is 4.11. The fourth-order valence-corrected chi connectivity index (χ4v) is 3.89. The van der Waals surface area contributed by atoms with Crippen molar-refractivity contribution in [2.24, 2.45) is 0 Å². The summed E-state index contributed by atoms with van der Waals surface area (Å²) in [7, 11) is 1.45. The van der Waals surface area contributed by atoms with Crippen LogP contribution in [0.1, 0.15) is 27.0 Å². The van der Waals surface area contributed by atoms with Gasteiger partial charge in [-0.15, -0.1) is 0 Å². The zero-order valence-corrected chi connectivity index (χ0v) is 19.0. The molecule has 3 aromatic carbocycles. The molecule has 31 heavy (non-hydrogen) atoms. The molecule has 0 aliphatic rings. The highest BCUT2D eigenvalue weighted by Gasteiger charge is 2.18. The Morgan fingerprint density at radius 2 is 1.74 bits per heavy atom. The Hall–Kier alpha value is -3.02. The number of hydrogen-bond donors (Lipinski definition) is 1. The summed E-state index contributed by atoms with van der Waals surface area (Å²) in [5.74, 6) is 0.367. The van der Waals surface area contributed by atoms with Gasteiger partial charge in [-0.2, -0.15) is 0 Å². The molecule has 0 spiro atoms. The van der Waals surface area contributed by atoms with Gasteiger partial charge in [-0.05, 0) is 73.9 Å². The molecule has 4 rings (SSSR count). The molecule has 0 aliphatic heterocycles. The number of anilines is 1. The van der Waals surface area contributed by atoms with Gasteiger partial charge in [0.25, 0.3) is 5.91 Å². The Kier molecular flexibility index (Phi) is 5.65. The predicted octanol–water partition coefficient (Wildman–Crippen LogP) is 6.99. The zero-order chi connectivity index (χ0) is 22.3. The summed E-state index contributed by atoms with van der Waals surface area (Å²) in [6, 6.07) is 12.7. The SMILES string of the molecule is COc1c(Cl)cc(Cl)cc1C(=O)Nc1cc(-c2nc3cc(C)c(C)cc3o2)ccc1C. The average Bonchev–Trinajstić information content (AvgIpc) is 3.12. The van der Waals surface area contributed by atoms with Crippen molar-refractivity contribution in [2.45, 2.75) is 20.8 Å². The maximum Gasteiger partial charge on any atom is 0.259 e. The van der Waals surface area contributed by atoms with Crippen LogP contribution in [0, 0.1) is 20.8 Å². The van der Waals surface area contributed by atoms with Gasteiger partial charge in [0.1, 0.15) is 11.3 Å². The van der Waals surface area contributed by atoms with Crippen molar-refractivity contribution in [3.8, 4) is 17.2 Å². The van der Waals surface area contributed by atoms with Crippen molar-refractivity contribution in [1.29, 1.82) is 0 Å². The molecule has 1 amide bonds. The van der Waals surface area contributed by atoms with E-state index in [4.69, 9.17) is 32.4 Å². The Labute approximate surface area is 189 Å².